The number of imide groups is 1. The zero-order chi connectivity index (χ0) is 12.2. The first-order valence-corrected chi connectivity index (χ1v) is 6.76. The number of hydrogen-bond acceptors (Lipinski definition) is 2. The summed E-state index contributed by atoms with van der Waals surface area (Å²) >= 11 is 0. The van der Waals surface area contributed by atoms with Crippen molar-refractivity contribution >= 4 is 11.9 Å². The second kappa shape index (κ2) is 3.72. The van der Waals surface area contributed by atoms with Crippen molar-refractivity contribution < 1.29 is 9.59 Å². The maximum atomic E-state index is 12.3. The fourth-order valence-electron chi connectivity index (χ4n) is 3.81. The van der Waals surface area contributed by atoms with Crippen molar-refractivity contribution in [2.75, 3.05) is 0 Å². The van der Waals surface area contributed by atoms with Gasteiger partial charge in [0.25, 0.3) is 5.91 Å². The van der Waals surface area contributed by atoms with E-state index in [1.165, 1.54) is 24.2 Å². The average Bonchev–Trinajstić information content (AvgIpc) is 2.76. The van der Waals surface area contributed by atoms with Crippen LogP contribution in [0, 0.1) is 5.92 Å². The fraction of sp³-hybridized carbons (Fsp3) is 0.846. The lowest BCUT2D eigenvalue weighted by atomic mass is 9.84. The molecule has 3 rings (SSSR count). The number of hydrogen-bond donors (Lipinski definition) is 0. The molecule has 4 nitrogen and oxygen atoms in total. The standard InChI is InChI=1S/C13H20N2O2/c1-8(2)14-12(16)11-7-9-5-3-4-6-10(9)15(11)13(14)17/h8-11H,3-7H2,1-2H3. The van der Waals surface area contributed by atoms with Crippen molar-refractivity contribution in [1.29, 1.82) is 0 Å². The Morgan fingerprint density at radius 3 is 2.59 bits per heavy atom. The molecule has 94 valence electrons. The first-order chi connectivity index (χ1) is 8.11. The summed E-state index contributed by atoms with van der Waals surface area (Å²) in [6, 6.07) is 0.152. The summed E-state index contributed by atoms with van der Waals surface area (Å²) in [4.78, 5) is 27.9. The van der Waals surface area contributed by atoms with Gasteiger partial charge in [0.2, 0.25) is 0 Å². The second-order valence-electron chi connectivity index (χ2n) is 5.86. The molecular weight excluding hydrogens is 216 g/mol. The van der Waals surface area contributed by atoms with Gasteiger partial charge in [-0.25, -0.2) is 4.79 Å². The Morgan fingerprint density at radius 2 is 1.88 bits per heavy atom. The van der Waals surface area contributed by atoms with Crippen molar-refractivity contribution in [3.63, 3.8) is 0 Å². The van der Waals surface area contributed by atoms with Gasteiger partial charge in [-0.1, -0.05) is 12.8 Å². The Labute approximate surface area is 102 Å². The molecule has 3 atom stereocenters. The smallest absolute Gasteiger partial charge is 0.309 e. The first kappa shape index (κ1) is 11.1. The third-order valence-electron chi connectivity index (χ3n) is 4.55. The molecule has 0 N–H and O–H groups in total. The molecule has 0 aromatic rings. The zero-order valence-electron chi connectivity index (χ0n) is 10.6. The van der Waals surface area contributed by atoms with E-state index in [2.05, 4.69) is 0 Å². The molecule has 4 heteroatoms. The Bertz CT molecular complexity index is 366. The molecule has 1 aliphatic carbocycles. The molecule has 0 aromatic heterocycles. The van der Waals surface area contributed by atoms with Crippen LogP contribution in [-0.2, 0) is 4.79 Å². The maximum absolute atomic E-state index is 12.3. The fourth-order valence-corrected chi connectivity index (χ4v) is 3.81. The summed E-state index contributed by atoms with van der Waals surface area (Å²) < 4.78 is 0. The second-order valence-corrected chi connectivity index (χ2v) is 5.86. The van der Waals surface area contributed by atoms with Gasteiger partial charge in [-0.3, -0.25) is 9.69 Å². The summed E-state index contributed by atoms with van der Waals surface area (Å²) in [5, 5.41) is 0. The van der Waals surface area contributed by atoms with Gasteiger partial charge in [-0.15, -0.1) is 0 Å². The Morgan fingerprint density at radius 1 is 1.18 bits per heavy atom. The molecule has 1 saturated carbocycles. The maximum Gasteiger partial charge on any atom is 0.327 e. The number of carbonyl (C=O) groups is 2. The molecule has 2 heterocycles. The van der Waals surface area contributed by atoms with Crippen molar-refractivity contribution in [3.8, 4) is 0 Å². The molecule has 3 unspecified atom stereocenters. The lowest BCUT2D eigenvalue weighted by molar-refractivity contribution is -0.129. The Kier molecular flexibility index (Phi) is 2.42. The number of carbonyl (C=O) groups excluding carboxylic acids is 2. The molecule has 0 bridgehead atoms. The lowest BCUT2D eigenvalue weighted by Gasteiger charge is -2.31. The van der Waals surface area contributed by atoms with Crippen LogP contribution in [0.2, 0.25) is 0 Å². The number of urea groups is 1. The molecule has 17 heavy (non-hydrogen) atoms. The van der Waals surface area contributed by atoms with Gasteiger partial charge in [0.1, 0.15) is 6.04 Å². The van der Waals surface area contributed by atoms with Crippen molar-refractivity contribution in [2.45, 2.75) is 64.1 Å². The Balaban J connectivity index is 1.89. The highest BCUT2D eigenvalue weighted by Gasteiger charge is 2.55. The predicted octanol–water partition coefficient (Wildman–Crippen LogP) is 1.99. The van der Waals surface area contributed by atoms with Crippen LogP contribution in [0.5, 0.6) is 0 Å². The van der Waals surface area contributed by atoms with Gasteiger partial charge in [0, 0.05) is 12.1 Å². The highest BCUT2D eigenvalue weighted by Crippen LogP contribution is 2.43. The highest BCUT2D eigenvalue weighted by atomic mass is 16.2. The number of amides is 3. The number of fused-ring (bicyclic) bond motifs is 3. The van der Waals surface area contributed by atoms with Crippen LogP contribution >= 0.6 is 0 Å². The minimum atomic E-state index is -0.141. The van der Waals surface area contributed by atoms with Crippen molar-refractivity contribution in [1.82, 2.24) is 9.80 Å². The van der Waals surface area contributed by atoms with Crippen LogP contribution in [-0.4, -0.2) is 39.9 Å². The van der Waals surface area contributed by atoms with E-state index in [0.717, 1.165) is 12.8 Å². The van der Waals surface area contributed by atoms with Gasteiger partial charge in [0.15, 0.2) is 0 Å². The molecule has 0 radical (unpaired) electrons. The van der Waals surface area contributed by atoms with Crippen LogP contribution in [0.3, 0.4) is 0 Å². The van der Waals surface area contributed by atoms with E-state index >= 15 is 0 Å². The monoisotopic (exact) mass is 236 g/mol. The third kappa shape index (κ3) is 1.42. The van der Waals surface area contributed by atoms with E-state index in [4.69, 9.17) is 0 Å². The van der Waals surface area contributed by atoms with Gasteiger partial charge in [0.05, 0.1) is 0 Å². The van der Waals surface area contributed by atoms with Crippen molar-refractivity contribution in [3.05, 3.63) is 0 Å². The Hall–Kier alpha value is -1.06. The van der Waals surface area contributed by atoms with E-state index in [1.54, 1.807) is 0 Å². The van der Waals surface area contributed by atoms with Crippen molar-refractivity contribution in [2.24, 2.45) is 5.92 Å². The molecule has 3 amide bonds. The van der Waals surface area contributed by atoms with Crippen LogP contribution < -0.4 is 0 Å². The van der Waals surface area contributed by atoms with E-state index in [1.807, 2.05) is 18.7 Å². The van der Waals surface area contributed by atoms with E-state index in [9.17, 15) is 9.59 Å². The van der Waals surface area contributed by atoms with Crippen LogP contribution in [0.4, 0.5) is 4.79 Å². The minimum absolute atomic E-state index is 0.0114. The largest absolute Gasteiger partial charge is 0.327 e. The number of rotatable bonds is 1. The quantitative estimate of drug-likeness (QED) is 0.653. The van der Waals surface area contributed by atoms with E-state index < -0.39 is 0 Å². The lowest BCUT2D eigenvalue weighted by Crippen LogP contribution is -2.43. The third-order valence-corrected chi connectivity index (χ3v) is 4.55. The zero-order valence-corrected chi connectivity index (χ0v) is 10.6. The van der Waals surface area contributed by atoms with Gasteiger partial charge in [-0.2, -0.15) is 0 Å². The molecule has 3 aliphatic rings. The molecular formula is C13H20N2O2. The summed E-state index contributed by atoms with van der Waals surface area (Å²) in [5.41, 5.74) is 0. The van der Waals surface area contributed by atoms with E-state index in [0.29, 0.717) is 12.0 Å². The van der Waals surface area contributed by atoms with E-state index in [-0.39, 0.29) is 24.0 Å². The molecule has 2 saturated heterocycles. The summed E-state index contributed by atoms with van der Waals surface area (Å²) in [5.74, 6) is 0.621. The molecule has 0 spiro atoms. The average molecular weight is 236 g/mol. The summed E-state index contributed by atoms with van der Waals surface area (Å²) in [7, 11) is 0. The number of nitrogens with zero attached hydrogens (tertiary/aromatic N) is 2. The molecule has 0 aromatic carbocycles. The van der Waals surface area contributed by atoms with Crippen LogP contribution in [0.1, 0.15) is 46.0 Å². The van der Waals surface area contributed by atoms with Gasteiger partial charge < -0.3 is 4.90 Å². The predicted molar refractivity (Wildman–Crippen MR) is 63.4 cm³/mol. The topological polar surface area (TPSA) is 40.6 Å². The molecule has 3 fully saturated rings. The van der Waals surface area contributed by atoms with Crippen LogP contribution in [0.25, 0.3) is 0 Å². The van der Waals surface area contributed by atoms with Gasteiger partial charge in [-0.05, 0) is 39.0 Å². The van der Waals surface area contributed by atoms with Gasteiger partial charge >= 0.3 is 6.03 Å². The SMILES string of the molecule is CC(C)N1C(=O)C2CC3CCCCC3N2C1=O. The normalized spacial score (nSPS) is 36.8. The van der Waals surface area contributed by atoms with Crippen LogP contribution in [0.15, 0.2) is 0 Å². The summed E-state index contributed by atoms with van der Waals surface area (Å²) in [6.07, 6.45) is 5.65. The highest BCUT2D eigenvalue weighted by molar-refractivity contribution is 6.05. The summed E-state index contributed by atoms with van der Waals surface area (Å²) in [6.45, 7) is 3.83. The minimum Gasteiger partial charge on any atom is -0.309 e. The first-order valence-electron chi connectivity index (χ1n) is 6.76. The molecule has 2 aliphatic heterocycles.